The Hall–Kier alpha value is -1.69. The molecule has 0 atom stereocenters. The second-order valence-electron chi connectivity index (χ2n) is 7.16. The van der Waals surface area contributed by atoms with Crippen LogP contribution in [-0.2, 0) is 20.0 Å². The molecular formula is C18H29N3O6S2. The summed E-state index contributed by atoms with van der Waals surface area (Å²) in [5.41, 5.74) is 0.247. The Morgan fingerprint density at radius 3 is 2.34 bits per heavy atom. The molecule has 1 N–H and O–H groups in total. The van der Waals surface area contributed by atoms with Gasteiger partial charge in [0.2, 0.25) is 20.0 Å². The summed E-state index contributed by atoms with van der Waals surface area (Å²) in [5, 5.41) is 0. The number of carbonyl (C=O) groups is 1. The Labute approximate surface area is 173 Å². The van der Waals surface area contributed by atoms with Crippen LogP contribution in [0.1, 0.15) is 36.5 Å². The van der Waals surface area contributed by atoms with E-state index in [1.54, 1.807) is 11.8 Å². The van der Waals surface area contributed by atoms with Gasteiger partial charge in [-0.2, -0.15) is 0 Å². The molecule has 1 aromatic carbocycles. The van der Waals surface area contributed by atoms with Crippen LogP contribution in [-0.4, -0.2) is 78.0 Å². The van der Waals surface area contributed by atoms with Gasteiger partial charge in [0.1, 0.15) is 10.6 Å². The average molecular weight is 448 g/mol. The lowest BCUT2D eigenvalue weighted by molar-refractivity contribution is 0.0711. The molecule has 0 aliphatic carbocycles. The number of benzene rings is 1. The highest BCUT2D eigenvalue weighted by Crippen LogP contribution is 2.28. The third kappa shape index (κ3) is 5.68. The van der Waals surface area contributed by atoms with Gasteiger partial charge < -0.3 is 9.64 Å². The third-order valence-electron chi connectivity index (χ3n) is 4.77. The van der Waals surface area contributed by atoms with Crippen molar-refractivity contribution in [3.63, 3.8) is 0 Å². The third-order valence-corrected chi connectivity index (χ3v) is 8.24. The molecule has 1 aromatic rings. The molecule has 2 rings (SSSR count). The van der Waals surface area contributed by atoms with Crippen LogP contribution in [0.2, 0.25) is 0 Å². The molecule has 0 bridgehead atoms. The maximum Gasteiger partial charge on any atom is 0.253 e. The highest BCUT2D eigenvalue weighted by Gasteiger charge is 2.28. The quantitative estimate of drug-likeness (QED) is 0.633. The predicted octanol–water partition coefficient (Wildman–Crippen LogP) is 0.880. The zero-order chi connectivity index (χ0) is 21.8. The van der Waals surface area contributed by atoms with Gasteiger partial charge in [-0.25, -0.2) is 25.9 Å². The van der Waals surface area contributed by atoms with Crippen LogP contribution < -0.4 is 9.46 Å². The number of amides is 1. The summed E-state index contributed by atoms with van der Waals surface area (Å²) in [6.45, 7) is 2.58. The Morgan fingerprint density at radius 1 is 1.21 bits per heavy atom. The fourth-order valence-electron chi connectivity index (χ4n) is 3.17. The minimum absolute atomic E-state index is 0.0712. The van der Waals surface area contributed by atoms with Crippen LogP contribution in [0.25, 0.3) is 0 Å². The normalized spacial score (nSPS) is 16.2. The van der Waals surface area contributed by atoms with Crippen LogP contribution in [0, 0.1) is 0 Å². The van der Waals surface area contributed by atoms with Crippen molar-refractivity contribution in [3.05, 3.63) is 23.8 Å². The molecule has 0 unspecified atom stereocenters. The maximum atomic E-state index is 12.9. The molecule has 164 valence electrons. The van der Waals surface area contributed by atoms with E-state index in [2.05, 4.69) is 4.72 Å². The van der Waals surface area contributed by atoms with Crippen molar-refractivity contribution >= 4 is 26.0 Å². The lowest BCUT2D eigenvalue weighted by Gasteiger charge is -2.32. The van der Waals surface area contributed by atoms with E-state index in [9.17, 15) is 21.6 Å². The molecule has 1 aliphatic rings. The average Bonchev–Trinajstić information content (AvgIpc) is 2.67. The second kappa shape index (κ2) is 9.41. The van der Waals surface area contributed by atoms with E-state index in [0.717, 1.165) is 4.31 Å². The number of likely N-dealkylation sites (tertiary alicyclic amines) is 1. The lowest BCUT2D eigenvalue weighted by Crippen LogP contribution is -2.47. The van der Waals surface area contributed by atoms with Crippen molar-refractivity contribution in [2.45, 2.75) is 37.1 Å². The van der Waals surface area contributed by atoms with Gasteiger partial charge in [0.15, 0.2) is 0 Å². The standard InChI is InChI=1S/C18H29N3O6S2/c1-5-12-28(23,24)19-15-8-10-21(11-9-15)18(22)14-6-7-16(27-4)17(13-14)29(25,26)20(2)3/h6-7,13,15,19H,5,8-12H2,1-4H3. The van der Waals surface area contributed by atoms with Gasteiger partial charge in [-0.1, -0.05) is 6.92 Å². The van der Waals surface area contributed by atoms with Crippen molar-refractivity contribution in [2.75, 3.05) is 40.0 Å². The van der Waals surface area contributed by atoms with Crippen LogP contribution in [0.5, 0.6) is 5.75 Å². The van der Waals surface area contributed by atoms with E-state index in [4.69, 9.17) is 4.74 Å². The zero-order valence-corrected chi connectivity index (χ0v) is 18.8. The number of piperidine rings is 1. The Balaban J connectivity index is 2.14. The van der Waals surface area contributed by atoms with Gasteiger partial charge >= 0.3 is 0 Å². The molecule has 9 nitrogen and oxygen atoms in total. The number of nitrogens with zero attached hydrogens (tertiary/aromatic N) is 2. The van der Waals surface area contributed by atoms with E-state index in [-0.39, 0.29) is 33.9 Å². The highest BCUT2D eigenvalue weighted by atomic mass is 32.2. The summed E-state index contributed by atoms with van der Waals surface area (Å²) in [6, 6.07) is 4.13. The largest absolute Gasteiger partial charge is 0.495 e. The highest BCUT2D eigenvalue weighted by molar-refractivity contribution is 7.89. The number of nitrogens with one attached hydrogen (secondary N) is 1. The number of rotatable bonds is 8. The van der Waals surface area contributed by atoms with Gasteiger partial charge in [0, 0.05) is 38.8 Å². The first-order valence-corrected chi connectivity index (χ1v) is 12.5. The second-order valence-corrected chi connectivity index (χ2v) is 11.1. The number of methoxy groups -OCH3 is 1. The SMILES string of the molecule is CCCS(=O)(=O)NC1CCN(C(=O)c2ccc(OC)c(S(=O)(=O)N(C)C)c2)CC1. The van der Waals surface area contributed by atoms with Crippen molar-refractivity contribution in [1.82, 2.24) is 13.9 Å². The molecule has 1 fully saturated rings. The van der Waals surface area contributed by atoms with Crippen molar-refractivity contribution < 1.29 is 26.4 Å². The number of carbonyl (C=O) groups excluding carboxylic acids is 1. The number of ether oxygens (including phenoxy) is 1. The topological polar surface area (TPSA) is 113 Å². The van der Waals surface area contributed by atoms with Gasteiger partial charge in [-0.15, -0.1) is 0 Å². The summed E-state index contributed by atoms with van der Waals surface area (Å²) < 4.78 is 57.8. The van der Waals surface area contributed by atoms with Crippen LogP contribution in [0.3, 0.4) is 0 Å². The smallest absolute Gasteiger partial charge is 0.253 e. The minimum Gasteiger partial charge on any atom is -0.495 e. The molecule has 0 aromatic heterocycles. The molecule has 0 radical (unpaired) electrons. The first-order valence-electron chi connectivity index (χ1n) is 9.41. The van der Waals surface area contributed by atoms with E-state index in [1.165, 1.54) is 39.4 Å². The summed E-state index contributed by atoms with van der Waals surface area (Å²) in [4.78, 5) is 14.4. The predicted molar refractivity (Wildman–Crippen MR) is 110 cm³/mol. The molecule has 1 aliphatic heterocycles. The van der Waals surface area contributed by atoms with E-state index in [1.807, 2.05) is 0 Å². The molecular weight excluding hydrogens is 418 g/mol. The Kier molecular flexibility index (Phi) is 7.66. The molecule has 0 spiro atoms. The first kappa shape index (κ1) is 23.6. The van der Waals surface area contributed by atoms with E-state index in [0.29, 0.717) is 32.4 Å². The molecule has 0 saturated carbocycles. The zero-order valence-electron chi connectivity index (χ0n) is 17.2. The monoisotopic (exact) mass is 447 g/mol. The summed E-state index contributed by atoms with van der Waals surface area (Å²) in [7, 11) is -2.89. The summed E-state index contributed by atoms with van der Waals surface area (Å²) >= 11 is 0. The van der Waals surface area contributed by atoms with Gasteiger partial charge in [0.25, 0.3) is 5.91 Å². The number of sulfonamides is 2. The molecule has 11 heteroatoms. The molecule has 1 saturated heterocycles. The summed E-state index contributed by atoms with van der Waals surface area (Å²) in [5.74, 6) is -0.0433. The van der Waals surface area contributed by atoms with Gasteiger partial charge in [0.05, 0.1) is 12.9 Å². The summed E-state index contributed by atoms with van der Waals surface area (Å²) in [6.07, 6.45) is 1.56. The Bertz CT molecular complexity index is 936. The van der Waals surface area contributed by atoms with Crippen LogP contribution in [0.4, 0.5) is 0 Å². The fourth-order valence-corrected chi connectivity index (χ4v) is 5.65. The Morgan fingerprint density at radius 2 is 1.83 bits per heavy atom. The molecule has 1 heterocycles. The minimum atomic E-state index is -3.78. The molecule has 29 heavy (non-hydrogen) atoms. The van der Waals surface area contributed by atoms with Gasteiger partial charge in [-0.3, -0.25) is 4.79 Å². The molecule has 1 amide bonds. The van der Waals surface area contributed by atoms with E-state index < -0.39 is 20.0 Å². The van der Waals surface area contributed by atoms with Gasteiger partial charge in [-0.05, 0) is 37.5 Å². The number of hydrogen-bond donors (Lipinski definition) is 1. The van der Waals surface area contributed by atoms with E-state index >= 15 is 0 Å². The first-order chi connectivity index (χ1) is 13.5. The van der Waals surface area contributed by atoms with Crippen molar-refractivity contribution in [1.29, 1.82) is 0 Å². The van der Waals surface area contributed by atoms with Crippen LogP contribution >= 0.6 is 0 Å². The number of hydrogen-bond acceptors (Lipinski definition) is 6. The maximum absolute atomic E-state index is 12.9. The lowest BCUT2D eigenvalue weighted by atomic mass is 10.0. The van der Waals surface area contributed by atoms with Crippen LogP contribution in [0.15, 0.2) is 23.1 Å². The van der Waals surface area contributed by atoms with Crippen molar-refractivity contribution in [3.8, 4) is 5.75 Å². The van der Waals surface area contributed by atoms with Crippen molar-refractivity contribution in [2.24, 2.45) is 0 Å². The fraction of sp³-hybridized carbons (Fsp3) is 0.611.